The van der Waals surface area contributed by atoms with Crippen molar-refractivity contribution in [1.29, 1.82) is 0 Å². The Hall–Kier alpha value is -1.93. The summed E-state index contributed by atoms with van der Waals surface area (Å²) in [6.45, 7) is 1.93. The van der Waals surface area contributed by atoms with Gasteiger partial charge in [-0.15, -0.1) is 24.0 Å². The first-order valence-corrected chi connectivity index (χ1v) is 10.3. The summed E-state index contributed by atoms with van der Waals surface area (Å²) < 4.78 is 44.5. The van der Waals surface area contributed by atoms with Gasteiger partial charge in [0.25, 0.3) is 0 Å². The van der Waals surface area contributed by atoms with Crippen LogP contribution in [0.3, 0.4) is 0 Å². The fourth-order valence-corrected chi connectivity index (χ4v) is 4.37. The van der Waals surface area contributed by atoms with Crippen molar-refractivity contribution in [3.8, 4) is 5.75 Å². The molecule has 1 fully saturated rings. The van der Waals surface area contributed by atoms with E-state index in [1.807, 2.05) is 4.90 Å². The fraction of sp³-hybridized carbons (Fsp3) is 0.412. The van der Waals surface area contributed by atoms with E-state index in [1.165, 1.54) is 28.8 Å². The predicted octanol–water partition coefficient (Wildman–Crippen LogP) is 1.36. The van der Waals surface area contributed by atoms with Gasteiger partial charge in [-0.3, -0.25) is 4.99 Å². The van der Waals surface area contributed by atoms with Gasteiger partial charge in [-0.1, -0.05) is 11.2 Å². The van der Waals surface area contributed by atoms with Gasteiger partial charge in [0.1, 0.15) is 12.0 Å². The van der Waals surface area contributed by atoms with Crippen LogP contribution in [0.2, 0.25) is 0 Å². The molecule has 1 aliphatic rings. The van der Waals surface area contributed by atoms with Crippen LogP contribution in [-0.4, -0.2) is 67.1 Å². The number of aromatic hydroxyl groups is 1. The van der Waals surface area contributed by atoms with E-state index in [-0.39, 0.29) is 29.7 Å². The number of hydrogen-bond acceptors (Lipinski definition) is 6. The number of aliphatic imine (C=N–C) groups is 1. The number of nitrogens with zero attached hydrogens (tertiary/aromatic N) is 4. The minimum atomic E-state index is -3.47. The van der Waals surface area contributed by atoms with Crippen LogP contribution in [-0.2, 0) is 22.3 Å². The molecule has 0 aliphatic carbocycles. The Bertz CT molecular complexity index is 931. The number of phenolic OH excluding ortho intramolecular Hbond substituents is 1. The summed E-state index contributed by atoms with van der Waals surface area (Å²) in [5.74, 6) is -0.665. The van der Waals surface area contributed by atoms with Gasteiger partial charge in [0.05, 0.1) is 5.69 Å². The first kappa shape index (κ1) is 23.3. The Labute approximate surface area is 185 Å². The van der Waals surface area contributed by atoms with Gasteiger partial charge < -0.3 is 19.8 Å². The molecule has 0 amide bonds. The molecule has 0 atom stereocenters. The van der Waals surface area contributed by atoms with Gasteiger partial charge in [-0.2, -0.15) is 4.31 Å². The van der Waals surface area contributed by atoms with Crippen molar-refractivity contribution >= 4 is 40.0 Å². The van der Waals surface area contributed by atoms with Gasteiger partial charge in [-0.25, -0.2) is 12.8 Å². The maximum absolute atomic E-state index is 13.4. The Morgan fingerprint density at radius 3 is 2.62 bits per heavy atom. The highest BCUT2D eigenvalue weighted by atomic mass is 127. The summed E-state index contributed by atoms with van der Waals surface area (Å²) in [7, 11) is -1.84. The van der Waals surface area contributed by atoms with Gasteiger partial charge in [-0.05, 0) is 17.7 Å². The van der Waals surface area contributed by atoms with Crippen molar-refractivity contribution in [2.24, 2.45) is 4.99 Å². The molecule has 0 radical (unpaired) electrons. The molecule has 160 valence electrons. The van der Waals surface area contributed by atoms with Crippen LogP contribution in [0.5, 0.6) is 5.75 Å². The maximum atomic E-state index is 13.4. The molecule has 1 aromatic carbocycles. The number of guanidine groups is 1. The molecule has 2 heterocycles. The molecule has 9 nitrogen and oxygen atoms in total. The summed E-state index contributed by atoms with van der Waals surface area (Å²) in [6, 6.07) is 5.70. The summed E-state index contributed by atoms with van der Waals surface area (Å²) in [6.07, 6.45) is 1.35. The monoisotopic (exact) mass is 539 g/mol. The molecule has 2 N–H and O–H groups in total. The molecule has 0 spiro atoms. The quantitative estimate of drug-likeness (QED) is 0.336. The molecular formula is C17H23FIN5O4S. The number of halogens is 2. The third kappa shape index (κ3) is 6.02. The predicted molar refractivity (Wildman–Crippen MR) is 116 cm³/mol. The van der Waals surface area contributed by atoms with Crippen LogP contribution in [0, 0.1) is 5.82 Å². The van der Waals surface area contributed by atoms with Crippen LogP contribution in [0.15, 0.2) is 40.0 Å². The van der Waals surface area contributed by atoms with Crippen LogP contribution in [0.25, 0.3) is 0 Å². The summed E-state index contributed by atoms with van der Waals surface area (Å²) in [5.41, 5.74) is 1.03. The Kier molecular flexibility index (Phi) is 8.22. The zero-order chi connectivity index (χ0) is 20.1. The number of rotatable bonds is 5. The van der Waals surface area contributed by atoms with E-state index in [0.29, 0.717) is 49.9 Å². The summed E-state index contributed by atoms with van der Waals surface area (Å²) in [4.78, 5) is 6.16. The highest BCUT2D eigenvalue weighted by Crippen LogP contribution is 2.16. The smallest absolute Gasteiger partial charge is 0.220 e. The zero-order valence-corrected chi connectivity index (χ0v) is 18.9. The first-order valence-electron chi connectivity index (χ1n) is 8.69. The zero-order valence-electron chi connectivity index (χ0n) is 15.8. The van der Waals surface area contributed by atoms with Crippen LogP contribution < -0.4 is 5.32 Å². The molecular weight excluding hydrogens is 516 g/mol. The van der Waals surface area contributed by atoms with E-state index < -0.39 is 21.6 Å². The largest absolute Gasteiger partial charge is 0.505 e. The number of aromatic nitrogens is 1. The highest BCUT2D eigenvalue weighted by Gasteiger charge is 2.28. The number of piperazine rings is 1. The first-order chi connectivity index (χ1) is 13.4. The van der Waals surface area contributed by atoms with Crippen LogP contribution in [0.4, 0.5) is 4.39 Å². The third-order valence-corrected chi connectivity index (χ3v) is 6.24. The average molecular weight is 539 g/mol. The normalized spacial score (nSPS) is 15.8. The maximum Gasteiger partial charge on any atom is 0.220 e. The minimum absolute atomic E-state index is 0. The van der Waals surface area contributed by atoms with E-state index in [0.717, 1.165) is 0 Å². The molecule has 29 heavy (non-hydrogen) atoms. The Balaban J connectivity index is 0.00000300. The molecule has 1 saturated heterocycles. The molecule has 3 rings (SSSR count). The second kappa shape index (κ2) is 10.2. The van der Waals surface area contributed by atoms with E-state index in [9.17, 15) is 17.9 Å². The lowest BCUT2D eigenvalue weighted by atomic mass is 10.2. The van der Waals surface area contributed by atoms with Crippen LogP contribution >= 0.6 is 24.0 Å². The summed E-state index contributed by atoms with van der Waals surface area (Å²) in [5, 5.41) is 16.0. The average Bonchev–Trinajstić information content (AvgIpc) is 3.18. The molecule has 0 saturated carbocycles. The number of hydrogen-bond donors (Lipinski definition) is 2. The van der Waals surface area contributed by atoms with Gasteiger partial charge >= 0.3 is 0 Å². The molecule has 12 heteroatoms. The Morgan fingerprint density at radius 1 is 1.31 bits per heavy atom. The molecule has 2 aromatic rings. The summed E-state index contributed by atoms with van der Waals surface area (Å²) >= 11 is 0. The lowest BCUT2D eigenvalue weighted by molar-refractivity contribution is 0.259. The minimum Gasteiger partial charge on any atom is -0.505 e. The van der Waals surface area contributed by atoms with E-state index in [4.69, 9.17) is 0 Å². The molecule has 1 aliphatic heterocycles. The highest BCUT2D eigenvalue weighted by molar-refractivity contribution is 14.0. The SMILES string of the molecule is CN=C(NCc1ccc(O)c(F)c1)N1CCN(S(=O)(=O)Cc2ccon2)CC1.I. The van der Waals surface area contributed by atoms with Gasteiger partial charge in [0, 0.05) is 45.8 Å². The van der Waals surface area contributed by atoms with Gasteiger partial charge in [0.15, 0.2) is 17.5 Å². The second-order valence-electron chi connectivity index (χ2n) is 6.32. The van der Waals surface area contributed by atoms with Crippen molar-refractivity contribution in [2.75, 3.05) is 33.2 Å². The topological polar surface area (TPSA) is 111 Å². The number of sulfonamides is 1. The second-order valence-corrected chi connectivity index (χ2v) is 8.29. The van der Waals surface area contributed by atoms with Crippen molar-refractivity contribution in [2.45, 2.75) is 12.3 Å². The van der Waals surface area contributed by atoms with Crippen LogP contribution in [0.1, 0.15) is 11.3 Å². The lowest BCUT2D eigenvalue weighted by Gasteiger charge is -2.35. The van der Waals surface area contributed by atoms with E-state index in [1.54, 1.807) is 13.1 Å². The van der Waals surface area contributed by atoms with E-state index in [2.05, 4.69) is 20.0 Å². The van der Waals surface area contributed by atoms with Crippen molar-refractivity contribution in [1.82, 2.24) is 19.7 Å². The number of nitrogens with one attached hydrogen (secondary N) is 1. The van der Waals surface area contributed by atoms with Gasteiger partial charge in [0.2, 0.25) is 10.0 Å². The van der Waals surface area contributed by atoms with Crippen molar-refractivity contribution < 1.29 is 22.4 Å². The lowest BCUT2D eigenvalue weighted by Crippen LogP contribution is -2.53. The number of phenols is 1. The molecule has 0 unspecified atom stereocenters. The fourth-order valence-electron chi connectivity index (χ4n) is 2.94. The molecule has 1 aromatic heterocycles. The molecule has 0 bridgehead atoms. The Morgan fingerprint density at radius 2 is 2.03 bits per heavy atom. The third-order valence-electron chi connectivity index (χ3n) is 4.43. The van der Waals surface area contributed by atoms with E-state index >= 15 is 0 Å². The standard InChI is InChI=1S/C17H22FN5O4S.HI/c1-19-17(20-11-13-2-3-16(24)15(18)10-13)22-5-7-23(8-6-22)28(25,26)12-14-4-9-27-21-14;/h2-4,9-10,24H,5-8,11-12H2,1H3,(H,19,20);1H. The number of benzene rings is 1. The van der Waals surface area contributed by atoms with Crippen molar-refractivity contribution in [3.05, 3.63) is 47.6 Å². The van der Waals surface area contributed by atoms with Crippen molar-refractivity contribution in [3.63, 3.8) is 0 Å².